The van der Waals surface area contributed by atoms with Gasteiger partial charge in [-0.2, -0.15) is 0 Å². The molecule has 0 aromatic rings. The molecule has 0 aromatic carbocycles. The molecule has 1 saturated heterocycles. The summed E-state index contributed by atoms with van der Waals surface area (Å²) in [4.78, 5) is 23.4. The van der Waals surface area contributed by atoms with Crippen molar-refractivity contribution in [1.29, 1.82) is 0 Å². The standard InChI is InChI=1S/C9H14N2O3/c1-2-8(12)14-7-3-5-11-6-4-10-9(11)13/h2H,1,3-7H2,(H,10,13). The zero-order valence-electron chi connectivity index (χ0n) is 7.99. The number of nitrogens with zero attached hydrogens (tertiary/aromatic N) is 1. The molecule has 1 fully saturated rings. The molecular weight excluding hydrogens is 184 g/mol. The van der Waals surface area contributed by atoms with Crippen LogP contribution in [0, 0.1) is 0 Å². The van der Waals surface area contributed by atoms with Crippen LogP contribution in [0.4, 0.5) is 4.79 Å². The molecule has 5 heteroatoms. The van der Waals surface area contributed by atoms with Crippen LogP contribution in [0.25, 0.3) is 0 Å². The number of amides is 2. The van der Waals surface area contributed by atoms with Gasteiger partial charge in [0, 0.05) is 25.7 Å². The smallest absolute Gasteiger partial charge is 0.330 e. The van der Waals surface area contributed by atoms with E-state index < -0.39 is 5.97 Å². The Kier molecular flexibility index (Phi) is 3.97. The van der Waals surface area contributed by atoms with Crippen LogP contribution in [0.15, 0.2) is 12.7 Å². The molecule has 78 valence electrons. The summed E-state index contributed by atoms with van der Waals surface area (Å²) in [6, 6.07) is -0.0416. The number of ether oxygens (including phenoxy) is 1. The molecule has 1 N–H and O–H groups in total. The molecule has 0 atom stereocenters. The average Bonchev–Trinajstić information content (AvgIpc) is 2.58. The largest absolute Gasteiger partial charge is 0.462 e. The highest BCUT2D eigenvalue weighted by molar-refractivity contribution is 5.81. The second-order valence-corrected chi connectivity index (χ2v) is 2.94. The molecule has 0 spiro atoms. The Morgan fingerprint density at radius 2 is 2.50 bits per heavy atom. The maximum absolute atomic E-state index is 11.0. The van der Waals surface area contributed by atoms with Crippen molar-refractivity contribution in [2.24, 2.45) is 0 Å². The minimum Gasteiger partial charge on any atom is -0.462 e. The van der Waals surface area contributed by atoms with Crippen LogP contribution >= 0.6 is 0 Å². The number of hydrogen-bond donors (Lipinski definition) is 1. The first-order valence-corrected chi connectivity index (χ1v) is 4.56. The molecule has 1 aliphatic rings. The molecule has 0 unspecified atom stereocenters. The zero-order chi connectivity index (χ0) is 10.4. The summed E-state index contributed by atoms with van der Waals surface area (Å²) in [6.45, 7) is 5.66. The van der Waals surface area contributed by atoms with E-state index >= 15 is 0 Å². The van der Waals surface area contributed by atoms with Crippen LogP contribution < -0.4 is 5.32 Å². The van der Waals surface area contributed by atoms with Crippen LogP contribution in [0.5, 0.6) is 0 Å². The molecule has 1 heterocycles. The summed E-state index contributed by atoms with van der Waals surface area (Å²) < 4.78 is 4.77. The average molecular weight is 198 g/mol. The summed E-state index contributed by atoms with van der Waals surface area (Å²) in [5, 5.41) is 2.69. The van der Waals surface area contributed by atoms with Crippen LogP contribution in [0.1, 0.15) is 6.42 Å². The fraction of sp³-hybridized carbons (Fsp3) is 0.556. The first kappa shape index (κ1) is 10.6. The molecule has 0 aromatic heterocycles. The van der Waals surface area contributed by atoms with Crippen molar-refractivity contribution in [3.63, 3.8) is 0 Å². The number of esters is 1. The normalized spacial score (nSPS) is 15.1. The van der Waals surface area contributed by atoms with E-state index in [-0.39, 0.29) is 6.03 Å². The number of carbonyl (C=O) groups is 2. The van der Waals surface area contributed by atoms with Crippen molar-refractivity contribution in [2.75, 3.05) is 26.2 Å². The predicted molar refractivity (Wildman–Crippen MR) is 50.7 cm³/mol. The van der Waals surface area contributed by atoms with E-state index in [1.54, 1.807) is 4.90 Å². The zero-order valence-corrected chi connectivity index (χ0v) is 7.99. The van der Waals surface area contributed by atoms with Gasteiger partial charge in [0.05, 0.1) is 6.61 Å². The number of rotatable bonds is 5. The monoisotopic (exact) mass is 198 g/mol. The van der Waals surface area contributed by atoms with Crippen LogP contribution in [0.3, 0.4) is 0 Å². The van der Waals surface area contributed by atoms with Crippen molar-refractivity contribution in [2.45, 2.75) is 6.42 Å². The Morgan fingerprint density at radius 3 is 3.07 bits per heavy atom. The number of nitrogens with one attached hydrogen (secondary N) is 1. The van der Waals surface area contributed by atoms with Crippen LogP contribution in [-0.2, 0) is 9.53 Å². The maximum Gasteiger partial charge on any atom is 0.330 e. The highest BCUT2D eigenvalue weighted by Gasteiger charge is 2.18. The summed E-state index contributed by atoms with van der Waals surface area (Å²) in [6.07, 6.45) is 1.79. The fourth-order valence-corrected chi connectivity index (χ4v) is 1.21. The quantitative estimate of drug-likeness (QED) is 0.388. The minimum atomic E-state index is -0.420. The van der Waals surface area contributed by atoms with Crippen LogP contribution in [0.2, 0.25) is 0 Å². The summed E-state index contributed by atoms with van der Waals surface area (Å²) in [5.41, 5.74) is 0. The van der Waals surface area contributed by atoms with E-state index in [9.17, 15) is 9.59 Å². The predicted octanol–water partition coefficient (Wildman–Crippen LogP) is 0.131. The van der Waals surface area contributed by atoms with Gasteiger partial charge in [-0.05, 0) is 6.42 Å². The SMILES string of the molecule is C=CC(=O)OCCCN1CCNC1=O. The molecular formula is C9H14N2O3. The van der Waals surface area contributed by atoms with Crippen molar-refractivity contribution in [3.8, 4) is 0 Å². The lowest BCUT2D eigenvalue weighted by atomic mass is 10.4. The van der Waals surface area contributed by atoms with Gasteiger partial charge in [0.1, 0.15) is 0 Å². The van der Waals surface area contributed by atoms with Gasteiger partial charge >= 0.3 is 12.0 Å². The van der Waals surface area contributed by atoms with Gasteiger partial charge in [0.25, 0.3) is 0 Å². The van der Waals surface area contributed by atoms with Crippen molar-refractivity contribution >= 4 is 12.0 Å². The fourth-order valence-electron chi connectivity index (χ4n) is 1.21. The molecule has 0 aliphatic carbocycles. The molecule has 1 aliphatic heterocycles. The molecule has 5 nitrogen and oxygen atoms in total. The minimum absolute atomic E-state index is 0.0416. The van der Waals surface area contributed by atoms with Gasteiger partial charge in [-0.3, -0.25) is 0 Å². The third kappa shape index (κ3) is 3.08. The van der Waals surface area contributed by atoms with Gasteiger partial charge in [0.2, 0.25) is 0 Å². The Labute approximate surface area is 82.7 Å². The molecule has 14 heavy (non-hydrogen) atoms. The second-order valence-electron chi connectivity index (χ2n) is 2.94. The van der Waals surface area contributed by atoms with E-state index in [1.807, 2.05) is 0 Å². The van der Waals surface area contributed by atoms with Crippen molar-refractivity contribution < 1.29 is 14.3 Å². The molecule has 0 bridgehead atoms. The molecule has 0 saturated carbocycles. The first-order valence-electron chi connectivity index (χ1n) is 4.56. The van der Waals surface area contributed by atoms with Crippen LogP contribution in [-0.4, -0.2) is 43.1 Å². The Bertz CT molecular complexity index is 240. The third-order valence-electron chi connectivity index (χ3n) is 1.93. The molecule has 2 amide bonds. The van der Waals surface area contributed by atoms with E-state index in [2.05, 4.69) is 11.9 Å². The van der Waals surface area contributed by atoms with Crippen molar-refractivity contribution in [3.05, 3.63) is 12.7 Å². The number of carbonyl (C=O) groups excluding carboxylic acids is 2. The highest BCUT2D eigenvalue weighted by atomic mass is 16.5. The lowest BCUT2D eigenvalue weighted by Gasteiger charge is -2.13. The molecule has 1 rings (SSSR count). The Morgan fingerprint density at radius 1 is 1.71 bits per heavy atom. The van der Waals surface area contributed by atoms with Gasteiger partial charge in [-0.1, -0.05) is 6.58 Å². The van der Waals surface area contributed by atoms with Gasteiger partial charge in [0.15, 0.2) is 0 Å². The first-order chi connectivity index (χ1) is 6.74. The van der Waals surface area contributed by atoms with Gasteiger partial charge < -0.3 is 15.0 Å². The second kappa shape index (κ2) is 5.26. The highest BCUT2D eigenvalue weighted by Crippen LogP contribution is 1.98. The number of urea groups is 1. The van der Waals surface area contributed by atoms with Gasteiger partial charge in [-0.25, -0.2) is 9.59 Å². The Balaban J connectivity index is 2.06. The topological polar surface area (TPSA) is 58.6 Å². The third-order valence-corrected chi connectivity index (χ3v) is 1.93. The lowest BCUT2D eigenvalue weighted by molar-refractivity contribution is -0.137. The summed E-state index contributed by atoms with van der Waals surface area (Å²) in [7, 11) is 0. The van der Waals surface area contributed by atoms with Crippen molar-refractivity contribution in [1.82, 2.24) is 10.2 Å². The van der Waals surface area contributed by atoms with Gasteiger partial charge in [-0.15, -0.1) is 0 Å². The van der Waals surface area contributed by atoms with E-state index in [4.69, 9.17) is 4.74 Å². The Hall–Kier alpha value is -1.52. The maximum atomic E-state index is 11.0. The molecule has 0 radical (unpaired) electrons. The van der Waals surface area contributed by atoms with E-state index in [0.29, 0.717) is 26.1 Å². The lowest BCUT2D eigenvalue weighted by Crippen LogP contribution is -2.29. The summed E-state index contributed by atoms with van der Waals surface area (Å²) >= 11 is 0. The number of hydrogen-bond acceptors (Lipinski definition) is 3. The van der Waals surface area contributed by atoms with E-state index in [1.165, 1.54) is 0 Å². The van der Waals surface area contributed by atoms with E-state index in [0.717, 1.165) is 12.6 Å². The summed E-state index contributed by atoms with van der Waals surface area (Å²) in [5.74, 6) is -0.420.